The van der Waals surface area contributed by atoms with Crippen molar-refractivity contribution in [2.75, 3.05) is 0 Å². The fourth-order valence-electron chi connectivity index (χ4n) is 5.84. The maximum atomic E-state index is 14.3. The number of alkyl halides is 9. The maximum Gasteiger partial charge on any atom is 0.460 e. The van der Waals surface area contributed by atoms with E-state index in [4.69, 9.17) is 0 Å². The van der Waals surface area contributed by atoms with Crippen molar-refractivity contribution in [2.45, 2.75) is 63.0 Å². The van der Waals surface area contributed by atoms with Crippen LogP contribution in [0.4, 0.5) is 39.5 Å². The van der Waals surface area contributed by atoms with Gasteiger partial charge in [0.1, 0.15) is 0 Å². The van der Waals surface area contributed by atoms with E-state index < -0.39 is 47.0 Å². The summed E-state index contributed by atoms with van der Waals surface area (Å²) in [5.41, 5.74) is -0.967. The quantitative estimate of drug-likeness (QED) is 0.390. The van der Waals surface area contributed by atoms with E-state index in [1.807, 2.05) is 0 Å². The largest absolute Gasteiger partial charge is 0.460 e. The number of allylic oxidation sites excluding steroid dienone is 1. The Balaban J connectivity index is 2.03. The van der Waals surface area contributed by atoms with Crippen LogP contribution in [0.2, 0.25) is 0 Å². The van der Waals surface area contributed by atoms with Crippen molar-refractivity contribution >= 4 is 5.78 Å². The molecule has 4 aliphatic rings. The molecule has 0 radical (unpaired) electrons. The molecule has 3 unspecified atom stereocenters. The standard InChI is InChI=1S/C18H19F9O/c1-8(2)14-6-9-3-10(7-14)5-11(4-9)12(14)13(28)15(19,20)16(21,22)17(23,24)18(25,26)27/h9-12H,1,3-7H2,2H3. The van der Waals surface area contributed by atoms with Crippen molar-refractivity contribution in [3.8, 4) is 0 Å². The molecule has 160 valence electrons. The summed E-state index contributed by atoms with van der Waals surface area (Å²) in [5, 5.41) is 0. The highest BCUT2D eigenvalue weighted by molar-refractivity contribution is 5.91. The number of ketones is 1. The topological polar surface area (TPSA) is 17.1 Å². The van der Waals surface area contributed by atoms with Crippen LogP contribution in [0.1, 0.15) is 39.0 Å². The molecule has 4 saturated carbocycles. The minimum Gasteiger partial charge on any atom is -0.292 e. The van der Waals surface area contributed by atoms with E-state index in [-0.39, 0.29) is 24.7 Å². The molecule has 3 atom stereocenters. The molecule has 4 aliphatic carbocycles. The summed E-state index contributed by atoms with van der Waals surface area (Å²) >= 11 is 0. The van der Waals surface area contributed by atoms with E-state index in [9.17, 15) is 44.3 Å². The average Bonchev–Trinajstić information content (AvgIpc) is 2.51. The lowest BCUT2D eigenvalue weighted by atomic mass is 9.42. The Morgan fingerprint density at radius 2 is 1.32 bits per heavy atom. The number of halogens is 9. The van der Waals surface area contributed by atoms with Gasteiger partial charge in [-0.05, 0) is 56.8 Å². The maximum absolute atomic E-state index is 14.3. The number of hydrogen-bond acceptors (Lipinski definition) is 1. The zero-order chi connectivity index (χ0) is 21.5. The third-order valence-electron chi connectivity index (χ3n) is 6.90. The summed E-state index contributed by atoms with van der Waals surface area (Å²) in [4.78, 5) is 12.5. The van der Waals surface area contributed by atoms with Crippen LogP contribution in [0, 0.1) is 29.1 Å². The fourth-order valence-corrected chi connectivity index (χ4v) is 5.84. The Kier molecular flexibility index (Phi) is 4.53. The van der Waals surface area contributed by atoms with Crippen molar-refractivity contribution in [3.05, 3.63) is 12.2 Å². The first-order valence-corrected chi connectivity index (χ1v) is 8.89. The van der Waals surface area contributed by atoms with E-state index >= 15 is 0 Å². The summed E-state index contributed by atoms with van der Waals surface area (Å²) < 4.78 is 120. The molecule has 4 fully saturated rings. The second-order valence-electron chi connectivity index (χ2n) is 8.61. The SMILES string of the molecule is C=C(C)C12CC3CC(CC(C3)C1C(=O)C(F)(F)C(F)(F)C(F)(F)C(F)(F)F)C2. The molecule has 28 heavy (non-hydrogen) atoms. The average molecular weight is 422 g/mol. The van der Waals surface area contributed by atoms with Gasteiger partial charge in [0.25, 0.3) is 0 Å². The van der Waals surface area contributed by atoms with Gasteiger partial charge in [-0.2, -0.15) is 39.5 Å². The van der Waals surface area contributed by atoms with E-state index in [1.54, 1.807) is 0 Å². The normalized spacial score (nSPS) is 35.9. The van der Waals surface area contributed by atoms with Crippen molar-refractivity contribution in [1.82, 2.24) is 0 Å². The van der Waals surface area contributed by atoms with Crippen LogP contribution >= 0.6 is 0 Å². The van der Waals surface area contributed by atoms with Gasteiger partial charge in [0.05, 0.1) is 0 Å². The molecule has 1 nitrogen and oxygen atoms in total. The van der Waals surface area contributed by atoms with Gasteiger partial charge < -0.3 is 0 Å². The number of Topliss-reactive ketones (excluding diaryl/α,β-unsaturated/α-hetero) is 1. The van der Waals surface area contributed by atoms with Crippen molar-refractivity contribution in [2.24, 2.45) is 29.1 Å². The lowest BCUT2D eigenvalue weighted by Gasteiger charge is -2.61. The summed E-state index contributed by atoms with van der Waals surface area (Å²) in [6.45, 7) is 5.15. The number of carbonyl (C=O) groups is 1. The first-order valence-electron chi connectivity index (χ1n) is 8.89. The molecule has 4 bridgehead atoms. The molecule has 10 heteroatoms. The Morgan fingerprint density at radius 1 is 0.857 bits per heavy atom. The summed E-state index contributed by atoms with van der Waals surface area (Å²) in [6, 6.07) is 0. The zero-order valence-corrected chi connectivity index (χ0v) is 14.9. The third-order valence-corrected chi connectivity index (χ3v) is 6.90. The Morgan fingerprint density at radius 3 is 1.71 bits per heavy atom. The Bertz CT molecular complexity index is 680. The van der Waals surface area contributed by atoms with Gasteiger partial charge >= 0.3 is 23.9 Å². The number of rotatable bonds is 5. The van der Waals surface area contributed by atoms with Crippen LogP contribution in [-0.4, -0.2) is 29.7 Å². The van der Waals surface area contributed by atoms with Crippen LogP contribution in [0.15, 0.2) is 12.2 Å². The molecule has 0 N–H and O–H groups in total. The summed E-state index contributed by atoms with van der Waals surface area (Å²) in [7, 11) is 0. The molecule has 0 aromatic carbocycles. The van der Waals surface area contributed by atoms with Gasteiger partial charge in [-0.3, -0.25) is 4.79 Å². The lowest BCUT2D eigenvalue weighted by molar-refractivity contribution is -0.389. The van der Waals surface area contributed by atoms with Crippen LogP contribution < -0.4 is 0 Å². The summed E-state index contributed by atoms with van der Waals surface area (Å²) in [6.07, 6.45) is -5.11. The second-order valence-corrected chi connectivity index (χ2v) is 8.61. The minimum atomic E-state index is -7.05. The van der Waals surface area contributed by atoms with Crippen LogP contribution in [0.3, 0.4) is 0 Å². The van der Waals surface area contributed by atoms with Gasteiger partial charge in [0, 0.05) is 11.3 Å². The first-order chi connectivity index (χ1) is 12.5. The third kappa shape index (κ3) is 2.57. The molecule has 0 aromatic rings. The van der Waals surface area contributed by atoms with Gasteiger partial charge in [0.2, 0.25) is 5.78 Å². The van der Waals surface area contributed by atoms with E-state index in [0.29, 0.717) is 18.4 Å². The Hall–Kier alpha value is -1.22. The van der Waals surface area contributed by atoms with Gasteiger partial charge in [-0.15, -0.1) is 0 Å². The highest BCUT2D eigenvalue weighted by Gasteiger charge is 2.84. The molecule has 0 saturated heterocycles. The Labute approximate surface area is 155 Å². The van der Waals surface area contributed by atoms with Gasteiger partial charge in [-0.1, -0.05) is 12.2 Å². The van der Waals surface area contributed by atoms with Crippen molar-refractivity contribution in [3.63, 3.8) is 0 Å². The number of carbonyl (C=O) groups excluding carboxylic acids is 1. The lowest BCUT2D eigenvalue weighted by Crippen LogP contribution is -2.67. The van der Waals surface area contributed by atoms with Crippen LogP contribution in [0.25, 0.3) is 0 Å². The molecule has 0 aliphatic heterocycles. The smallest absolute Gasteiger partial charge is 0.292 e. The first kappa shape index (κ1) is 21.5. The molecule has 0 amide bonds. The predicted octanol–water partition coefficient (Wildman–Crippen LogP) is 6.04. The number of hydrogen-bond donors (Lipinski definition) is 0. The van der Waals surface area contributed by atoms with Crippen molar-refractivity contribution < 1.29 is 44.3 Å². The van der Waals surface area contributed by atoms with Crippen molar-refractivity contribution in [1.29, 1.82) is 0 Å². The zero-order valence-electron chi connectivity index (χ0n) is 14.9. The monoisotopic (exact) mass is 422 g/mol. The molecular weight excluding hydrogens is 403 g/mol. The van der Waals surface area contributed by atoms with E-state index in [1.165, 1.54) is 6.92 Å². The molecule has 0 heterocycles. The highest BCUT2D eigenvalue weighted by atomic mass is 19.4. The fraction of sp³-hybridized carbons (Fsp3) is 0.833. The molecule has 4 rings (SSSR count). The molecule has 0 aromatic heterocycles. The van der Waals surface area contributed by atoms with Gasteiger partial charge in [0.15, 0.2) is 0 Å². The molecule has 0 spiro atoms. The second kappa shape index (κ2) is 5.90. The minimum absolute atomic E-state index is 0.0731. The summed E-state index contributed by atoms with van der Waals surface area (Å²) in [5.74, 6) is -25.0. The highest BCUT2D eigenvalue weighted by Crippen LogP contribution is 2.67. The predicted molar refractivity (Wildman–Crippen MR) is 80.2 cm³/mol. The van der Waals surface area contributed by atoms with Crippen LogP contribution in [-0.2, 0) is 4.79 Å². The van der Waals surface area contributed by atoms with E-state index in [2.05, 4.69) is 6.58 Å². The van der Waals surface area contributed by atoms with E-state index in [0.717, 1.165) is 6.42 Å². The van der Waals surface area contributed by atoms with Gasteiger partial charge in [-0.25, -0.2) is 0 Å². The molecular formula is C18H19F9O. The van der Waals surface area contributed by atoms with Crippen LogP contribution in [0.5, 0.6) is 0 Å².